The Labute approximate surface area is 280 Å². The van der Waals surface area contributed by atoms with Crippen molar-refractivity contribution in [3.63, 3.8) is 0 Å². The summed E-state index contributed by atoms with van der Waals surface area (Å²) in [5.74, 6) is 0. The number of fused-ring (bicyclic) bond motifs is 2. The molecule has 0 radical (unpaired) electrons. The maximum atomic E-state index is 8.58. The van der Waals surface area contributed by atoms with Crippen LogP contribution in [0.5, 0.6) is 0 Å². The summed E-state index contributed by atoms with van der Waals surface area (Å²) in [7, 11) is -1.34. The fourth-order valence-corrected chi connectivity index (χ4v) is 5.11. The van der Waals surface area contributed by atoms with Crippen LogP contribution in [0.15, 0.2) is 142 Å². The van der Waals surface area contributed by atoms with E-state index >= 15 is 0 Å². The number of rotatable bonds is 2. The lowest BCUT2D eigenvalue weighted by Crippen LogP contribution is -2.29. The first-order chi connectivity index (χ1) is 19.4. The summed E-state index contributed by atoms with van der Waals surface area (Å²) in [6.45, 7) is 0. The zero-order valence-electron chi connectivity index (χ0n) is 21.7. The van der Waals surface area contributed by atoms with Gasteiger partial charge in [-0.05, 0) is 108 Å². The molecule has 2 nitrogen and oxygen atoms in total. The lowest BCUT2D eigenvalue weighted by Gasteiger charge is -2.04. The number of halogens is 4. The quantitative estimate of drug-likeness (QED) is 0.103. The van der Waals surface area contributed by atoms with E-state index in [1.54, 1.807) is 24.3 Å². The van der Waals surface area contributed by atoms with E-state index in [9.17, 15) is 0 Å². The lowest BCUT2D eigenvalue weighted by atomic mass is 9.81. The molecule has 0 amide bonds. The molecule has 6 aromatic rings. The van der Waals surface area contributed by atoms with E-state index in [1.165, 1.54) is 36.2 Å². The molecule has 0 saturated heterocycles. The highest BCUT2D eigenvalue weighted by Gasteiger charge is 2.07. The number of hydrogen-bond acceptors (Lipinski definition) is 2. The van der Waals surface area contributed by atoms with Crippen LogP contribution in [-0.4, -0.2) is 22.1 Å². The fraction of sp³-hybridized carbons (Fsp3) is 0.0303. The van der Waals surface area contributed by atoms with E-state index in [0.29, 0.717) is 5.46 Å². The molecule has 0 aliphatic rings. The normalized spacial score (nSPS) is 9.88. The summed E-state index contributed by atoms with van der Waals surface area (Å²) in [6.07, 6.45) is 0. The van der Waals surface area contributed by atoms with Gasteiger partial charge in [-0.15, -0.1) is 0 Å². The van der Waals surface area contributed by atoms with Gasteiger partial charge in [0.1, 0.15) is 0 Å². The molecule has 0 atom stereocenters. The molecule has 40 heavy (non-hydrogen) atoms. The van der Waals surface area contributed by atoms with E-state index in [2.05, 4.69) is 174 Å². The Kier molecular flexibility index (Phi) is 14.1. The van der Waals surface area contributed by atoms with Crippen molar-refractivity contribution in [2.24, 2.45) is 0 Å². The average molecular weight is 880 g/mol. The molecule has 6 aromatic carbocycles. The standard InChI is InChI=1S/C16H11Br.C10H6BrI.C6H7BO2.CH3I/c17-16-9-8-13-6-7-14(10-15(13)11-16)12-4-2-1-3-5-12;11-9-3-1-7-2-4-10(12)6-8(7)5-9;8-7(9)6-4-2-1-3-5-6;1-2/h1-11H;1-6H;1-5,8-9H;1H3. The maximum absolute atomic E-state index is 8.58. The van der Waals surface area contributed by atoms with Crippen molar-refractivity contribution in [1.82, 2.24) is 0 Å². The number of hydrogen-bond donors (Lipinski definition) is 2. The van der Waals surface area contributed by atoms with Gasteiger partial charge in [-0.3, -0.25) is 0 Å². The molecule has 2 N–H and O–H groups in total. The van der Waals surface area contributed by atoms with Gasteiger partial charge in [0.15, 0.2) is 0 Å². The predicted molar refractivity (Wildman–Crippen MR) is 198 cm³/mol. The van der Waals surface area contributed by atoms with E-state index < -0.39 is 7.12 Å². The van der Waals surface area contributed by atoms with Gasteiger partial charge in [0, 0.05) is 12.5 Å². The third-order valence-electron chi connectivity index (χ3n) is 5.77. The summed E-state index contributed by atoms with van der Waals surface area (Å²) in [6, 6.07) is 44.8. The molecule has 0 saturated carbocycles. The van der Waals surface area contributed by atoms with Crippen molar-refractivity contribution < 1.29 is 10.0 Å². The van der Waals surface area contributed by atoms with E-state index in [4.69, 9.17) is 10.0 Å². The zero-order valence-corrected chi connectivity index (χ0v) is 29.2. The van der Waals surface area contributed by atoms with Crippen LogP contribution in [0.3, 0.4) is 0 Å². The monoisotopic (exact) mass is 878 g/mol. The SMILES string of the molecule is Brc1ccc2ccc(-c3ccccc3)cc2c1.Brc1ccc2ccc(I)cc2c1.CI.OB(O)c1ccccc1. The average Bonchev–Trinajstić information content (AvgIpc) is 2.99. The number of benzene rings is 6. The van der Waals surface area contributed by atoms with Crippen LogP contribution >= 0.6 is 77.0 Å². The van der Waals surface area contributed by atoms with Gasteiger partial charge in [0.25, 0.3) is 0 Å². The van der Waals surface area contributed by atoms with Crippen LogP contribution in [-0.2, 0) is 0 Å². The first-order valence-corrected chi connectivity index (χ1v) is 17.1. The smallest absolute Gasteiger partial charge is 0.423 e. The molecule has 0 spiro atoms. The third kappa shape index (κ3) is 10.3. The summed E-state index contributed by atoms with van der Waals surface area (Å²) in [4.78, 5) is 1.97. The second-order valence-electron chi connectivity index (χ2n) is 8.49. The van der Waals surface area contributed by atoms with Gasteiger partial charge in [-0.1, -0.05) is 145 Å². The molecule has 202 valence electrons. The van der Waals surface area contributed by atoms with Gasteiger partial charge in [-0.25, -0.2) is 0 Å². The topological polar surface area (TPSA) is 40.5 Å². The highest BCUT2D eigenvalue weighted by atomic mass is 127. The minimum atomic E-state index is -1.34. The van der Waals surface area contributed by atoms with Crippen LogP contribution in [0.25, 0.3) is 32.7 Å². The Hall–Kier alpha value is -1.76. The van der Waals surface area contributed by atoms with Crippen LogP contribution in [0.1, 0.15) is 0 Å². The molecule has 0 aliphatic carbocycles. The van der Waals surface area contributed by atoms with Crippen LogP contribution < -0.4 is 5.46 Å². The minimum Gasteiger partial charge on any atom is -0.423 e. The van der Waals surface area contributed by atoms with Gasteiger partial charge < -0.3 is 10.0 Å². The van der Waals surface area contributed by atoms with Crippen LogP contribution in [0.4, 0.5) is 0 Å². The first kappa shape index (κ1) is 32.8. The number of alkyl halides is 1. The largest absolute Gasteiger partial charge is 0.488 e. The molecule has 0 aliphatic heterocycles. The Morgan fingerprint density at radius 2 is 0.975 bits per heavy atom. The first-order valence-electron chi connectivity index (χ1n) is 12.3. The lowest BCUT2D eigenvalue weighted by molar-refractivity contribution is 0.426. The van der Waals surface area contributed by atoms with Crippen LogP contribution in [0, 0.1) is 3.57 Å². The van der Waals surface area contributed by atoms with Crippen LogP contribution in [0.2, 0.25) is 0 Å². The molecule has 7 heteroatoms. The van der Waals surface area contributed by atoms with Gasteiger partial charge in [0.2, 0.25) is 0 Å². The molecule has 0 aromatic heterocycles. The van der Waals surface area contributed by atoms with Crippen molar-refractivity contribution in [2.45, 2.75) is 0 Å². The second kappa shape index (κ2) is 17.3. The van der Waals surface area contributed by atoms with Crippen molar-refractivity contribution in [1.29, 1.82) is 0 Å². The highest BCUT2D eigenvalue weighted by molar-refractivity contribution is 14.1. The highest BCUT2D eigenvalue weighted by Crippen LogP contribution is 2.26. The molecule has 0 unspecified atom stereocenters. The molecule has 0 fully saturated rings. The van der Waals surface area contributed by atoms with Gasteiger partial charge >= 0.3 is 7.12 Å². The molecule has 6 rings (SSSR count). The van der Waals surface area contributed by atoms with E-state index in [-0.39, 0.29) is 0 Å². The van der Waals surface area contributed by atoms with Gasteiger partial charge in [0.05, 0.1) is 0 Å². The van der Waals surface area contributed by atoms with E-state index in [1.807, 2.05) is 17.1 Å². The molecular weight excluding hydrogens is 853 g/mol. The maximum Gasteiger partial charge on any atom is 0.488 e. The Balaban J connectivity index is 0.000000169. The molecule has 0 bridgehead atoms. The van der Waals surface area contributed by atoms with E-state index in [0.717, 1.165) is 8.95 Å². The Bertz CT molecular complexity index is 1600. The summed E-state index contributed by atoms with van der Waals surface area (Å²) in [5, 5.41) is 22.3. The van der Waals surface area contributed by atoms with Crippen molar-refractivity contribution in [3.8, 4) is 11.1 Å². The third-order valence-corrected chi connectivity index (χ3v) is 7.43. The van der Waals surface area contributed by atoms with Crippen molar-refractivity contribution >= 4 is 111 Å². The minimum absolute atomic E-state index is 0.525. The van der Waals surface area contributed by atoms with Crippen molar-refractivity contribution in [2.75, 3.05) is 4.93 Å². The summed E-state index contributed by atoms with van der Waals surface area (Å²) < 4.78 is 3.53. The Morgan fingerprint density at radius 3 is 1.50 bits per heavy atom. The molecular formula is C33H27BBr2I2O2. The van der Waals surface area contributed by atoms with Crippen molar-refractivity contribution in [3.05, 3.63) is 146 Å². The summed E-state index contributed by atoms with van der Waals surface area (Å²) >= 11 is 11.4. The zero-order chi connectivity index (χ0) is 28.9. The van der Waals surface area contributed by atoms with Gasteiger partial charge in [-0.2, -0.15) is 0 Å². The second-order valence-corrected chi connectivity index (χ2v) is 11.6. The predicted octanol–water partition coefficient (Wildman–Crippen LogP) is 9.89. The summed E-state index contributed by atoms with van der Waals surface area (Å²) in [5.41, 5.74) is 3.04. The molecule has 0 heterocycles. The fourth-order valence-electron chi connectivity index (χ4n) is 3.84. The Morgan fingerprint density at radius 1 is 0.500 bits per heavy atom.